The van der Waals surface area contributed by atoms with Crippen molar-refractivity contribution in [3.05, 3.63) is 102 Å². The van der Waals surface area contributed by atoms with Gasteiger partial charge in [0.05, 0.1) is 5.92 Å². The van der Waals surface area contributed by atoms with Gasteiger partial charge in [-0.2, -0.15) is 0 Å². The van der Waals surface area contributed by atoms with Crippen molar-refractivity contribution < 1.29 is 31.4 Å². The van der Waals surface area contributed by atoms with Crippen molar-refractivity contribution in [3.8, 4) is 0 Å². The number of Topliss-reactive ketones (excluding diaryl/α,β-unsaturated/α-hetero) is 2. The Labute approximate surface area is 178 Å². The molecule has 3 aromatic rings. The number of hydrogen-bond donors (Lipinski definition) is 0. The summed E-state index contributed by atoms with van der Waals surface area (Å²) in [4.78, 5) is 25.5. The predicted molar refractivity (Wildman–Crippen MR) is 111 cm³/mol. The number of aromatic nitrogens is 1. The monoisotopic (exact) mass is 431 g/mol. The molecule has 0 saturated carbocycles. The highest BCUT2D eigenvalue weighted by atomic mass is 19.5. The molecule has 0 atom stereocenters. The van der Waals surface area contributed by atoms with E-state index < -0.39 is 7.25 Å². The van der Waals surface area contributed by atoms with Crippen molar-refractivity contribution in [3.63, 3.8) is 0 Å². The molecule has 0 unspecified atom stereocenters. The minimum Gasteiger partial charge on any atom is -0.418 e. The van der Waals surface area contributed by atoms with E-state index in [1.54, 1.807) is 0 Å². The molecule has 3 rings (SSSR count). The van der Waals surface area contributed by atoms with Crippen LogP contribution in [0.1, 0.15) is 45.2 Å². The summed E-state index contributed by atoms with van der Waals surface area (Å²) in [6, 6.07) is 24.4. The summed E-state index contributed by atoms with van der Waals surface area (Å²) < 4.78 is 41.0. The molecule has 1 heterocycles. The summed E-state index contributed by atoms with van der Waals surface area (Å²) in [6.07, 6.45) is 2.56. The van der Waals surface area contributed by atoms with Crippen LogP contribution in [0, 0.1) is 0 Å². The number of nitrogens with zero attached hydrogens (tertiary/aromatic N) is 1. The van der Waals surface area contributed by atoms with Gasteiger partial charge in [0.25, 0.3) is 0 Å². The normalized spacial score (nSPS) is 10.9. The number of hydrogen-bond acceptors (Lipinski definition) is 2. The Hall–Kier alpha value is -3.29. The third-order valence-corrected chi connectivity index (χ3v) is 4.57. The molecule has 0 fully saturated rings. The predicted octanol–water partition coefficient (Wildman–Crippen LogP) is 5.44. The molecule has 1 aromatic heterocycles. The fraction of sp³-hybridized carbons (Fsp3) is 0.174. The number of pyridine rings is 1. The molecule has 0 aliphatic heterocycles. The van der Waals surface area contributed by atoms with Gasteiger partial charge in [-0.15, -0.1) is 0 Å². The number of carbonyl (C=O) groups is 2. The van der Waals surface area contributed by atoms with Gasteiger partial charge in [0.1, 0.15) is 7.05 Å². The molecule has 0 aliphatic rings. The highest BCUT2D eigenvalue weighted by molar-refractivity contribution is 6.50. The SMILES string of the molecule is C[n+]1ccccc1C(CC(=O)c1ccccc1)CC(=O)c1ccccc1.F[B-](F)(F)F. The summed E-state index contributed by atoms with van der Waals surface area (Å²) >= 11 is 0. The smallest absolute Gasteiger partial charge is 0.418 e. The summed E-state index contributed by atoms with van der Waals surface area (Å²) in [5.74, 6) is -0.0535. The highest BCUT2D eigenvalue weighted by Gasteiger charge is 2.26. The standard InChI is InChI=1S/C23H22NO2.BF4/c1-24-15-9-8-14-21(24)20(16-22(25)18-10-4-2-5-11-18)17-23(26)19-12-6-3-7-13-19;2-1(3,4)5/h2-15,20H,16-17H2,1H3;/q+1;-1. The maximum atomic E-state index is 12.7. The van der Waals surface area contributed by atoms with Gasteiger partial charge in [0.15, 0.2) is 23.5 Å². The van der Waals surface area contributed by atoms with Crippen LogP contribution in [0.5, 0.6) is 0 Å². The van der Waals surface area contributed by atoms with Crippen LogP contribution in [0.2, 0.25) is 0 Å². The average Bonchev–Trinajstić information content (AvgIpc) is 2.73. The third-order valence-electron chi connectivity index (χ3n) is 4.57. The van der Waals surface area contributed by atoms with E-state index in [0.717, 1.165) is 5.69 Å². The van der Waals surface area contributed by atoms with Crippen LogP contribution in [0.25, 0.3) is 0 Å². The number of aryl methyl sites for hydroxylation is 1. The van der Waals surface area contributed by atoms with Gasteiger partial charge >= 0.3 is 7.25 Å². The molecule has 0 spiro atoms. The first-order valence-corrected chi connectivity index (χ1v) is 9.63. The zero-order valence-corrected chi connectivity index (χ0v) is 16.9. The van der Waals surface area contributed by atoms with E-state index in [2.05, 4.69) is 0 Å². The lowest BCUT2D eigenvalue weighted by Crippen LogP contribution is -2.35. The van der Waals surface area contributed by atoms with E-state index in [1.165, 1.54) is 0 Å². The van der Waals surface area contributed by atoms with Gasteiger partial charge < -0.3 is 17.3 Å². The van der Waals surface area contributed by atoms with Gasteiger partial charge in [-0.25, -0.2) is 4.57 Å². The van der Waals surface area contributed by atoms with Crippen LogP contribution in [0.4, 0.5) is 17.3 Å². The summed E-state index contributed by atoms with van der Waals surface area (Å²) in [5.41, 5.74) is 2.35. The number of halogens is 4. The topological polar surface area (TPSA) is 38.0 Å². The van der Waals surface area contributed by atoms with Crippen LogP contribution in [-0.4, -0.2) is 18.8 Å². The molecule has 3 nitrogen and oxygen atoms in total. The Bertz CT molecular complexity index is 936. The van der Waals surface area contributed by atoms with Crippen molar-refractivity contribution in [1.29, 1.82) is 0 Å². The lowest BCUT2D eigenvalue weighted by Gasteiger charge is -2.14. The molecule has 2 aromatic carbocycles. The quantitative estimate of drug-likeness (QED) is 0.216. The van der Waals surface area contributed by atoms with Crippen LogP contribution in [0.15, 0.2) is 85.1 Å². The Morgan fingerprint density at radius 2 is 1.13 bits per heavy atom. The molecule has 0 bridgehead atoms. The lowest BCUT2D eigenvalue weighted by atomic mass is 9.88. The number of rotatable bonds is 7. The molecule has 0 N–H and O–H groups in total. The molecule has 0 radical (unpaired) electrons. The number of ketones is 2. The van der Waals surface area contributed by atoms with E-state index in [9.17, 15) is 26.9 Å². The zero-order chi connectivity index (χ0) is 22.9. The Balaban J connectivity index is 0.000000614. The number of benzene rings is 2. The fourth-order valence-electron chi connectivity index (χ4n) is 3.17. The second kappa shape index (κ2) is 11.2. The first-order chi connectivity index (χ1) is 14.6. The minimum atomic E-state index is -6.00. The van der Waals surface area contributed by atoms with Crippen LogP contribution in [0.3, 0.4) is 0 Å². The van der Waals surface area contributed by atoms with Crippen LogP contribution >= 0.6 is 0 Å². The minimum absolute atomic E-state index is 0.0558. The van der Waals surface area contributed by atoms with Gasteiger partial charge in [0, 0.05) is 36.1 Å². The largest absolute Gasteiger partial charge is 0.673 e. The van der Waals surface area contributed by atoms with Crippen LogP contribution in [-0.2, 0) is 7.05 Å². The molecule has 31 heavy (non-hydrogen) atoms. The maximum Gasteiger partial charge on any atom is 0.673 e. The number of carbonyl (C=O) groups excluding carboxylic acids is 2. The second-order valence-corrected chi connectivity index (χ2v) is 6.91. The van der Waals surface area contributed by atoms with Gasteiger partial charge in [0.2, 0.25) is 0 Å². The lowest BCUT2D eigenvalue weighted by molar-refractivity contribution is -0.680. The second-order valence-electron chi connectivity index (χ2n) is 6.91. The van der Waals surface area contributed by atoms with Crippen molar-refractivity contribution in [1.82, 2.24) is 0 Å². The van der Waals surface area contributed by atoms with Gasteiger partial charge in [-0.05, 0) is 0 Å². The molecule has 0 amide bonds. The highest BCUT2D eigenvalue weighted by Crippen LogP contribution is 2.25. The Kier molecular flexibility index (Phi) is 8.67. The average molecular weight is 431 g/mol. The fourth-order valence-corrected chi connectivity index (χ4v) is 3.17. The maximum absolute atomic E-state index is 12.7. The van der Waals surface area contributed by atoms with E-state index in [0.29, 0.717) is 24.0 Å². The summed E-state index contributed by atoms with van der Waals surface area (Å²) in [5, 5.41) is 0. The van der Waals surface area contributed by atoms with Crippen molar-refractivity contribution in [2.45, 2.75) is 18.8 Å². The molecular weight excluding hydrogens is 409 g/mol. The van der Waals surface area contributed by atoms with Crippen molar-refractivity contribution in [2.75, 3.05) is 0 Å². The van der Waals surface area contributed by atoms with Gasteiger partial charge in [-0.1, -0.05) is 66.7 Å². The van der Waals surface area contributed by atoms with E-state index in [-0.39, 0.29) is 17.5 Å². The van der Waals surface area contributed by atoms with E-state index in [4.69, 9.17) is 0 Å². The van der Waals surface area contributed by atoms with E-state index >= 15 is 0 Å². The third kappa shape index (κ3) is 8.54. The van der Waals surface area contributed by atoms with Gasteiger partial charge in [-0.3, -0.25) is 9.59 Å². The molecule has 162 valence electrons. The first kappa shape index (κ1) is 24.0. The molecular formula is C23H22BF4NO2. The Morgan fingerprint density at radius 3 is 1.52 bits per heavy atom. The zero-order valence-electron chi connectivity index (χ0n) is 16.9. The van der Waals surface area contributed by atoms with Crippen molar-refractivity contribution >= 4 is 18.8 Å². The first-order valence-electron chi connectivity index (χ1n) is 9.63. The van der Waals surface area contributed by atoms with Crippen molar-refractivity contribution in [2.24, 2.45) is 7.05 Å². The van der Waals surface area contributed by atoms with Crippen LogP contribution < -0.4 is 4.57 Å². The van der Waals surface area contributed by atoms with E-state index in [1.807, 2.05) is 96.7 Å². The summed E-state index contributed by atoms with van der Waals surface area (Å²) in [6.45, 7) is 0. The molecule has 8 heteroatoms. The molecule has 0 saturated heterocycles. The summed E-state index contributed by atoms with van der Waals surface area (Å²) in [7, 11) is -4.05. The molecule has 0 aliphatic carbocycles. The Morgan fingerprint density at radius 1 is 0.742 bits per heavy atom.